The molecule has 182 valence electrons. The molecule has 2 aromatic rings. The molecule has 2 amide bonds. The molecule has 10 heteroatoms. The van der Waals surface area contributed by atoms with Gasteiger partial charge >= 0.3 is 5.97 Å². The minimum atomic E-state index is -1.07. The van der Waals surface area contributed by atoms with Crippen LogP contribution in [-0.4, -0.2) is 65.2 Å². The number of benzene rings is 2. The van der Waals surface area contributed by atoms with Crippen LogP contribution in [0, 0.1) is 0 Å². The Balaban J connectivity index is 0.00000324. The van der Waals surface area contributed by atoms with Crippen molar-refractivity contribution in [3.8, 4) is 5.75 Å². The van der Waals surface area contributed by atoms with Gasteiger partial charge in [-0.15, -0.1) is 12.4 Å². The van der Waals surface area contributed by atoms with Gasteiger partial charge in [0, 0.05) is 25.3 Å². The molecule has 0 aliphatic carbocycles. The topological polar surface area (TPSA) is 128 Å². The van der Waals surface area contributed by atoms with Gasteiger partial charge in [0.2, 0.25) is 11.8 Å². The van der Waals surface area contributed by atoms with E-state index in [4.69, 9.17) is 9.84 Å². The van der Waals surface area contributed by atoms with Crippen molar-refractivity contribution in [2.45, 2.75) is 31.4 Å². The van der Waals surface area contributed by atoms with E-state index in [0.717, 1.165) is 28.9 Å². The molecule has 0 spiro atoms. The molecule has 1 saturated heterocycles. The third-order valence-corrected chi connectivity index (χ3v) is 5.81. The van der Waals surface area contributed by atoms with Crippen LogP contribution in [0.25, 0.3) is 0 Å². The van der Waals surface area contributed by atoms with Crippen LogP contribution in [0.15, 0.2) is 42.5 Å². The van der Waals surface area contributed by atoms with Gasteiger partial charge in [0.25, 0.3) is 0 Å². The molecule has 2 aromatic carbocycles. The Morgan fingerprint density at radius 1 is 1.24 bits per heavy atom. The number of ether oxygens (including phenoxy) is 1. The number of aliphatic hydroxyl groups excluding tert-OH is 1. The number of rotatable bonds is 9. The molecule has 34 heavy (non-hydrogen) atoms. The van der Waals surface area contributed by atoms with E-state index in [9.17, 15) is 19.5 Å². The van der Waals surface area contributed by atoms with Crippen molar-refractivity contribution in [2.24, 2.45) is 0 Å². The first-order chi connectivity index (χ1) is 15.9. The van der Waals surface area contributed by atoms with Crippen molar-refractivity contribution in [1.29, 1.82) is 0 Å². The van der Waals surface area contributed by atoms with Crippen LogP contribution in [0.3, 0.4) is 0 Å². The number of hydrogen-bond acceptors (Lipinski definition) is 6. The van der Waals surface area contributed by atoms with Gasteiger partial charge in [-0.1, -0.05) is 24.3 Å². The highest BCUT2D eigenvalue weighted by molar-refractivity contribution is 5.99. The summed E-state index contributed by atoms with van der Waals surface area (Å²) in [5, 5.41) is 24.6. The van der Waals surface area contributed by atoms with E-state index < -0.39 is 12.6 Å². The molecular weight excluding hydrogens is 462 g/mol. The minimum absolute atomic E-state index is 0. The number of anilines is 1. The third kappa shape index (κ3) is 6.69. The molecule has 0 saturated carbocycles. The summed E-state index contributed by atoms with van der Waals surface area (Å²) in [7, 11) is 0. The highest BCUT2D eigenvalue weighted by Crippen LogP contribution is 2.25. The second-order valence-corrected chi connectivity index (χ2v) is 8.47. The Kier molecular flexibility index (Phi) is 8.49. The number of aliphatic carboxylic acids is 1. The number of amides is 2. The minimum Gasteiger partial charge on any atom is -0.482 e. The van der Waals surface area contributed by atoms with Crippen molar-refractivity contribution >= 4 is 35.9 Å². The second-order valence-electron chi connectivity index (χ2n) is 8.47. The standard InChI is InChI=1S/C24H27N3O6.ClH/c28-18-6-7-27(12-18)13-21(16-2-1-3-19(10-16)33-14-24(31)32)26-22(29)9-15-4-5-17-11-23(30)25-20(17)8-15;/h1-5,8,10,18,21,28H,6-7,9,11-14H2,(H,25,30)(H,26,29)(H,31,32);1H/t18-,21?;/m0./s1. The van der Waals surface area contributed by atoms with Crippen molar-refractivity contribution in [3.63, 3.8) is 0 Å². The Morgan fingerprint density at radius 3 is 2.79 bits per heavy atom. The van der Waals surface area contributed by atoms with Crippen LogP contribution < -0.4 is 15.4 Å². The van der Waals surface area contributed by atoms with Crippen LogP contribution in [0.1, 0.15) is 29.2 Å². The fraction of sp³-hybridized carbons (Fsp3) is 0.375. The summed E-state index contributed by atoms with van der Waals surface area (Å²) in [6.45, 7) is 1.32. The van der Waals surface area contributed by atoms with E-state index in [1.807, 2.05) is 24.3 Å². The average molecular weight is 490 g/mol. The zero-order valence-electron chi connectivity index (χ0n) is 18.5. The number of nitrogens with zero attached hydrogens (tertiary/aromatic N) is 1. The van der Waals surface area contributed by atoms with E-state index >= 15 is 0 Å². The lowest BCUT2D eigenvalue weighted by Gasteiger charge is -2.25. The number of β-amino-alcohol motifs (C(OH)–C–C–N with tert-alkyl or cyclic N) is 1. The van der Waals surface area contributed by atoms with Crippen LogP contribution in [0.4, 0.5) is 5.69 Å². The summed E-state index contributed by atoms with van der Waals surface area (Å²) in [4.78, 5) is 37.4. The van der Waals surface area contributed by atoms with Crippen molar-refractivity contribution in [1.82, 2.24) is 10.2 Å². The third-order valence-electron chi connectivity index (χ3n) is 5.81. The first kappa shape index (κ1) is 25.5. The number of fused-ring (bicyclic) bond motifs is 1. The Morgan fingerprint density at radius 2 is 2.06 bits per heavy atom. The van der Waals surface area contributed by atoms with Gasteiger partial charge in [-0.25, -0.2) is 4.79 Å². The quantitative estimate of drug-likeness (QED) is 0.420. The lowest BCUT2D eigenvalue weighted by atomic mass is 10.0. The summed E-state index contributed by atoms with van der Waals surface area (Å²) in [6.07, 6.45) is 0.806. The second kappa shape index (κ2) is 11.3. The van der Waals surface area contributed by atoms with Crippen molar-refractivity contribution in [3.05, 3.63) is 59.2 Å². The average Bonchev–Trinajstić information content (AvgIpc) is 3.35. The summed E-state index contributed by atoms with van der Waals surface area (Å²) < 4.78 is 5.30. The maximum absolute atomic E-state index is 12.9. The maximum atomic E-state index is 12.9. The fourth-order valence-corrected chi connectivity index (χ4v) is 4.24. The van der Waals surface area contributed by atoms with E-state index in [1.165, 1.54) is 0 Å². The van der Waals surface area contributed by atoms with Gasteiger partial charge in [0.15, 0.2) is 6.61 Å². The Bertz CT molecular complexity index is 1060. The number of nitrogens with one attached hydrogen (secondary N) is 2. The van der Waals surface area contributed by atoms with Crippen LogP contribution in [0.2, 0.25) is 0 Å². The Hall–Kier alpha value is -3.14. The number of carboxylic acid groups (broad SMARTS) is 1. The highest BCUT2D eigenvalue weighted by atomic mass is 35.5. The molecule has 2 atom stereocenters. The first-order valence-electron chi connectivity index (χ1n) is 10.9. The molecule has 2 aliphatic heterocycles. The van der Waals surface area contributed by atoms with E-state index in [2.05, 4.69) is 15.5 Å². The molecule has 0 radical (unpaired) electrons. The predicted octanol–water partition coefficient (Wildman–Crippen LogP) is 1.53. The monoisotopic (exact) mass is 489 g/mol. The summed E-state index contributed by atoms with van der Waals surface area (Å²) in [5.74, 6) is -0.892. The molecular formula is C24H28ClN3O6. The first-order valence-corrected chi connectivity index (χ1v) is 10.9. The molecule has 1 unspecified atom stereocenters. The summed E-state index contributed by atoms with van der Waals surface area (Å²) in [6, 6.07) is 12.2. The molecule has 0 bridgehead atoms. The zero-order valence-corrected chi connectivity index (χ0v) is 19.3. The highest BCUT2D eigenvalue weighted by Gasteiger charge is 2.25. The molecule has 2 heterocycles. The number of hydrogen-bond donors (Lipinski definition) is 4. The van der Waals surface area contributed by atoms with Gasteiger partial charge < -0.3 is 25.6 Å². The van der Waals surface area contributed by atoms with Gasteiger partial charge in [0.05, 0.1) is 25.0 Å². The van der Waals surface area contributed by atoms with Gasteiger partial charge in [-0.05, 0) is 41.3 Å². The SMILES string of the molecule is Cl.O=C(O)COc1cccc(C(CN2CC[C@H](O)C2)NC(=O)Cc2ccc3c(c2)NC(=O)C3)c1. The predicted molar refractivity (Wildman–Crippen MR) is 127 cm³/mol. The molecule has 2 aliphatic rings. The fourth-order valence-electron chi connectivity index (χ4n) is 4.24. The number of carboxylic acids is 1. The molecule has 4 N–H and O–H groups in total. The molecule has 0 aromatic heterocycles. The van der Waals surface area contributed by atoms with E-state index in [-0.39, 0.29) is 42.8 Å². The maximum Gasteiger partial charge on any atom is 0.341 e. The normalized spacial score (nSPS) is 17.9. The number of carbonyl (C=O) groups excluding carboxylic acids is 2. The van der Waals surface area contributed by atoms with Gasteiger partial charge in [0.1, 0.15) is 5.75 Å². The number of carbonyl (C=O) groups is 3. The Labute approximate surface area is 203 Å². The van der Waals surface area contributed by atoms with E-state index in [1.54, 1.807) is 18.2 Å². The number of likely N-dealkylation sites (tertiary alicyclic amines) is 1. The van der Waals surface area contributed by atoms with Gasteiger partial charge in [-0.3, -0.25) is 14.5 Å². The molecule has 1 fully saturated rings. The van der Waals surface area contributed by atoms with Gasteiger partial charge in [-0.2, -0.15) is 0 Å². The molecule has 4 rings (SSSR count). The van der Waals surface area contributed by atoms with Crippen molar-refractivity contribution in [2.75, 3.05) is 31.6 Å². The lowest BCUT2D eigenvalue weighted by Crippen LogP contribution is -2.38. The van der Waals surface area contributed by atoms with Crippen LogP contribution in [-0.2, 0) is 27.2 Å². The van der Waals surface area contributed by atoms with Crippen LogP contribution >= 0.6 is 12.4 Å². The zero-order chi connectivity index (χ0) is 23.4. The van der Waals surface area contributed by atoms with Crippen molar-refractivity contribution < 1.29 is 29.3 Å². The summed E-state index contributed by atoms with van der Waals surface area (Å²) in [5.41, 5.74) is 3.25. The summed E-state index contributed by atoms with van der Waals surface area (Å²) >= 11 is 0. The smallest absolute Gasteiger partial charge is 0.341 e. The number of halogens is 1. The van der Waals surface area contributed by atoms with E-state index in [0.29, 0.717) is 31.7 Å². The molecule has 9 nitrogen and oxygen atoms in total. The lowest BCUT2D eigenvalue weighted by molar-refractivity contribution is -0.139. The largest absolute Gasteiger partial charge is 0.482 e. The van der Waals surface area contributed by atoms with Crippen LogP contribution in [0.5, 0.6) is 5.75 Å². The number of aliphatic hydroxyl groups is 1.